The Morgan fingerprint density at radius 1 is 0.881 bits per heavy atom. The van der Waals surface area contributed by atoms with Gasteiger partial charge in [0, 0.05) is 36.5 Å². The van der Waals surface area contributed by atoms with E-state index >= 15 is 0 Å². The van der Waals surface area contributed by atoms with E-state index in [1.54, 1.807) is 47.4 Å². The van der Waals surface area contributed by atoms with Crippen molar-refractivity contribution < 1.29 is 18.0 Å². The molecule has 2 amide bonds. The Hall–Kier alpha value is -2.78. The van der Waals surface area contributed by atoms with Gasteiger partial charge in [-0.3, -0.25) is 13.9 Å². The van der Waals surface area contributed by atoms with Crippen LogP contribution in [-0.2, 0) is 32.6 Å². The first-order chi connectivity index (χ1) is 19.6. The highest BCUT2D eigenvalue weighted by molar-refractivity contribution is 7.92. The van der Waals surface area contributed by atoms with E-state index in [0.717, 1.165) is 11.8 Å². The van der Waals surface area contributed by atoms with Crippen LogP contribution in [0.3, 0.4) is 0 Å². The second kappa shape index (κ2) is 14.6. The number of carbonyl (C=O) groups is 2. The van der Waals surface area contributed by atoms with Crippen molar-refractivity contribution in [3.05, 3.63) is 99.0 Å². The van der Waals surface area contributed by atoms with Crippen molar-refractivity contribution in [3.8, 4) is 0 Å². The number of anilines is 1. The number of sulfonamides is 1. The lowest BCUT2D eigenvalue weighted by Crippen LogP contribution is -2.54. The molecule has 0 aliphatic heterocycles. The van der Waals surface area contributed by atoms with Crippen molar-refractivity contribution in [1.82, 2.24) is 10.2 Å². The smallest absolute Gasteiger partial charge is 0.243 e. The summed E-state index contributed by atoms with van der Waals surface area (Å²) in [5.74, 6) is -0.589. The Balaban J connectivity index is 1.92. The maximum Gasteiger partial charge on any atom is 0.243 e. The van der Waals surface area contributed by atoms with Crippen LogP contribution in [0.4, 0.5) is 5.69 Å². The fourth-order valence-corrected chi connectivity index (χ4v) is 5.86. The third-order valence-electron chi connectivity index (χ3n) is 6.37. The minimum Gasteiger partial charge on any atom is -0.350 e. The minimum atomic E-state index is -3.62. The first-order valence-corrected chi connectivity index (χ1v) is 16.4. The van der Waals surface area contributed by atoms with Crippen LogP contribution in [0.1, 0.15) is 44.7 Å². The molecule has 3 rings (SSSR count). The molecule has 1 N–H and O–H groups in total. The largest absolute Gasteiger partial charge is 0.350 e. The number of nitrogens with one attached hydrogen (secondary N) is 1. The highest BCUT2D eigenvalue weighted by Crippen LogP contribution is 2.25. The molecule has 3 aromatic rings. The van der Waals surface area contributed by atoms with Gasteiger partial charge >= 0.3 is 0 Å². The molecule has 0 spiro atoms. The molecule has 0 fully saturated rings. The van der Waals surface area contributed by atoms with E-state index in [-0.39, 0.29) is 44.2 Å². The summed E-state index contributed by atoms with van der Waals surface area (Å²) in [6.07, 6.45) is 1.64. The van der Waals surface area contributed by atoms with Crippen LogP contribution in [0.15, 0.2) is 72.8 Å². The van der Waals surface area contributed by atoms with Gasteiger partial charge in [0.1, 0.15) is 6.04 Å². The van der Waals surface area contributed by atoms with E-state index < -0.39 is 21.6 Å². The molecule has 0 radical (unpaired) electrons. The highest BCUT2D eigenvalue weighted by atomic mass is 35.5. The monoisotopic (exact) mass is 651 g/mol. The summed E-state index contributed by atoms with van der Waals surface area (Å²) in [5.41, 5.74) is 1.52. The number of benzene rings is 3. The summed E-state index contributed by atoms with van der Waals surface area (Å²) >= 11 is 18.4. The third-order valence-corrected chi connectivity index (χ3v) is 8.56. The predicted molar refractivity (Wildman–Crippen MR) is 172 cm³/mol. The number of hydrogen-bond acceptors (Lipinski definition) is 4. The fraction of sp³-hybridized carbons (Fsp3) is 0.355. The molecule has 11 heteroatoms. The molecular weight excluding hydrogens is 617 g/mol. The molecule has 0 saturated heterocycles. The lowest BCUT2D eigenvalue weighted by molar-refractivity contribution is -0.142. The van der Waals surface area contributed by atoms with Crippen LogP contribution >= 0.6 is 34.8 Å². The van der Waals surface area contributed by atoms with E-state index in [9.17, 15) is 18.0 Å². The summed E-state index contributed by atoms with van der Waals surface area (Å²) in [7, 11) is -3.62. The maximum atomic E-state index is 13.9. The van der Waals surface area contributed by atoms with Crippen LogP contribution < -0.4 is 9.62 Å². The minimum absolute atomic E-state index is 0.00895. The molecule has 3 aromatic carbocycles. The number of nitrogens with zero attached hydrogens (tertiary/aromatic N) is 2. The van der Waals surface area contributed by atoms with Gasteiger partial charge in [-0.1, -0.05) is 71.2 Å². The van der Waals surface area contributed by atoms with Gasteiger partial charge in [0.2, 0.25) is 21.8 Å². The Kier molecular flexibility index (Phi) is 11.7. The zero-order chi connectivity index (χ0) is 31.1. The topological polar surface area (TPSA) is 86.8 Å². The van der Waals surface area contributed by atoms with E-state index in [1.807, 2.05) is 51.1 Å². The third kappa shape index (κ3) is 10.2. The van der Waals surface area contributed by atoms with Crippen LogP contribution in [0.5, 0.6) is 0 Å². The van der Waals surface area contributed by atoms with Crippen molar-refractivity contribution in [2.75, 3.05) is 17.1 Å². The molecule has 0 unspecified atom stereocenters. The molecule has 1 atom stereocenters. The van der Waals surface area contributed by atoms with E-state index in [2.05, 4.69) is 5.32 Å². The van der Waals surface area contributed by atoms with E-state index in [4.69, 9.17) is 34.8 Å². The summed E-state index contributed by atoms with van der Waals surface area (Å²) < 4.78 is 26.4. The zero-order valence-corrected chi connectivity index (χ0v) is 27.2. The summed E-state index contributed by atoms with van der Waals surface area (Å²) in [6.45, 7) is 5.83. The van der Waals surface area contributed by atoms with Gasteiger partial charge < -0.3 is 10.2 Å². The molecule has 226 valence electrons. The normalized spacial score (nSPS) is 12.5. The van der Waals surface area contributed by atoms with Crippen molar-refractivity contribution in [1.29, 1.82) is 0 Å². The SMILES string of the molecule is CC(C)(C)NC(=O)[C@H](Cc1ccccc1)N(Cc1ccc(Cl)c(Cl)c1)C(=O)CCCN(c1ccc(Cl)cc1)S(C)(=O)=O. The number of hydrogen-bond donors (Lipinski definition) is 1. The fourth-order valence-electron chi connectivity index (χ4n) is 4.45. The predicted octanol–water partition coefficient (Wildman–Crippen LogP) is 6.75. The Morgan fingerprint density at radius 3 is 2.10 bits per heavy atom. The zero-order valence-electron chi connectivity index (χ0n) is 24.1. The molecule has 0 bridgehead atoms. The lowest BCUT2D eigenvalue weighted by Gasteiger charge is -2.34. The van der Waals surface area contributed by atoms with Crippen LogP contribution in [-0.4, -0.2) is 49.5 Å². The van der Waals surface area contributed by atoms with Gasteiger partial charge in [-0.25, -0.2) is 8.42 Å². The molecule has 0 aliphatic carbocycles. The van der Waals surface area contributed by atoms with Crippen molar-refractivity contribution in [3.63, 3.8) is 0 Å². The summed E-state index contributed by atoms with van der Waals surface area (Å²) in [4.78, 5) is 29.2. The second-order valence-corrected chi connectivity index (χ2v) is 14.3. The summed E-state index contributed by atoms with van der Waals surface area (Å²) in [5, 5.41) is 4.23. The number of rotatable bonds is 12. The average Bonchev–Trinajstić information content (AvgIpc) is 2.90. The summed E-state index contributed by atoms with van der Waals surface area (Å²) in [6, 6.07) is 20.2. The Bertz CT molecular complexity index is 1480. The first kappa shape index (κ1) is 33.7. The lowest BCUT2D eigenvalue weighted by atomic mass is 10.00. The van der Waals surface area contributed by atoms with Crippen molar-refractivity contribution >= 4 is 62.3 Å². The van der Waals surface area contributed by atoms with Gasteiger partial charge in [-0.2, -0.15) is 0 Å². The molecule has 42 heavy (non-hydrogen) atoms. The Labute approximate surface area is 263 Å². The van der Waals surface area contributed by atoms with E-state index in [1.165, 1.54) is 4.31 Å². The second-order valence-electron chi connectivity index (χ2n) is 11.1. The van der Waals surface area contributed by atoms with Gasteiger partial charge in [0.25, 0.3) is 0 Å². The number of halogens is 3. The number of amides is 2. The molecule has 0 heterocycles. The number of carbonyl (C=O) groups excluding carboxylic acids is 2. The average molecular weight is 653 g/mol. The van der Waals surface area contributed by atoms with Crippen LogP contribution in [0.2, 0.25) is 15.1 Å². The van der Waals surface area contributed by atoms with Gasteiger partial charge in [0.05, 0.1) is 22.0 Å². The Morgan fingerprint density at radius 2 is 1.52 bits per heavy atom. The maximum absolute atomic E-state index is 13.9. The molecular formula is C31H36Cl3N3O4S. The quantitative estimate of drug-likeness (QED) is 0.235. The highest BCUT2D eigenvalue weighted by Gasteiger charge is 2.32. The van der Waals surface area contributed by atoms with Gasteiger partial charge in [-0.15, -0.1) is 0 Å². The van der Waals surface area contributed by atoms with Crippen molar-refractivity contribution in [2.45, 2.75) is 58.2 Å². The molecule has 0 aromatic heterocycles. The molecule has 0 aliphatic rings. The van der Waals surface area contributed by atoms with Gasteiger partial charge in [0.15, 0.2) is 0 Å². The first-order valence-electron chi connectivity index (χ1n) is 13.5. The van der Waals surface area contributed by atoms with E-state index in [0.29, 0.717) is 26.3 Å². The standard InChI is InChI=1S/C31H36Cl3N3O4S/c1-31(2,3)35-30(39)28(20-22-9-6-5-7-10-22)36(21-23-12-17-26(33)27(34)19-23)29(38)11-8-18-37(42(4,40)41)25-15-13-24(32)14-16-25/h5-7,9-10,12-17,19,28H,8,11,18,20-21H2,1-4H3,(H,35,39)/t28-/m0/s1. The molecule has 0 saturated carbocycles. The van der Waals surface area contributed by atoms with Crippen LogP contribution in [0.25, 0.3) is 0 Å². The van der Waals surface area contributed by atoms with Gasteiger partial charge in [-0.05, 0) is 74.7 Å². The van der Waals surface area contributed by atoms with Crippen LogP contribution in [0, 0.1) is 0 Å². The molecule has 7 nitrogen and oxygen atoms in total. The van der Waals surface area contributed by atoms with Crippen molar-refractivity contribution in [2.24, 2.45) is 0 Å².